The molecule has 160 valence electrons. The first-order valence-corrected chi connectivity index (χ1v) is 12.0. The molecule has 1 amide bonds. The van der Waals surface area contributed by atoms with Gasteiger partial charge in [0.1, 0.15) is 5.82 Å². The fourth-order valence-corrected chi connectivity index (χ4v) is 6.32. The van der Waals surface area contributed by atoms with Gasteiger partial charge >= 0.3 is 0 Å². The first kappa shape index (κ1) is 20.1. The van der Waals surface area contributed by atoms with E-state index < -0.39 is 0 Å². The van der Waals surface area contributed by atoms with E-state index in [0.29, 0.717) is 19.6 Å². The number of carbonyl (C=O) groups is 1. The molecular weight excluding hydrogens is 399 g/mol. The Labute approximate surface area is 181 Å². The first-order valence-electron chi connectivity index (χ1n) is 11.2. The van der Waals surface area contributed by atoms with Crippen LogP contribution in [0.2, 0.25) is 0 Å². The van der Waals surface area contributed by atoms with Crippen molar-refractivity contribution in [3.63, 3.8) is 0 Å². The van der Waals surface area contributed by atoms with Crippen LogP contribution in [0.1, 0.15) is 55.2 Å². The number of rotatable bonds is 4. The molecule has 1 aromatic carbocycles. The van der Waals surface area contributed by atoms with Gasteiger partial charge in [-0.1, -0.05) is 35.9 Å². The summed E-state index contributed by atoms with van der Waals surface area (Å²) >= 11 is 1.34. The number of hydrogen-bond donors (Lipinski definition) is 0. The molecule has 3 fully saturated rings. The average molecular weight is 429 g/mol. The van der Waals surface area contributed by atoms with Gasteiger partial charge in [-0.15, -0.1) is 5.10 Å². The minimum atomic E-state index is -0.234. The molecule has 0 spiro atoms. The topological polar surface area (TPSA) is 49.3 Å². The molecule has 1 aromatic heterocycles. The van der Waals surface area contributed by atoms with E-state index in [1.165, 1.54) is 55.8 Å². The van der Waals surface area contributed by atoms with Crippen molar-refractivity contribution in [1.82, 2.24) is 19.4 Å². The van der Waals surface area contributed by atoms with E-state index in [1.807, 2.05) is 22.4 Å². The van der Waals surface area contributed by atoms with Crippen molar-refractivity contribution in [3.05, 3.63) is 46.7 Å². The first-order chi connectivity index (χ1) is 14.7. The molecule has 0 unspecified atom stereocenters. The highest BCUT2D eigenvalue weighted by molar-refractivity contribution is 7.03. The van der Waals surface area contributed by atoms with Gasteiger partial charge in [-0.05, 0) is 60.5 Å². The number of nitrogens with zero attached hydrogens (tertiary/aromatic N) is 4. The normalized spacial score (nSPS) is 29.7. The summed E-state index contributed by atoms with van der Waals surface area (Å²) in [5.74, 6) is 1.87. The van der Waals surface area contributed by atoms with Crippen molar-refractivity contribution < 1.29 is 9.18 Å². The van der Waals surface area contributed by atoms with Crippen LogP contribution >= 0.6 is 11.5 Å². The summed E-state index contributed by atoms with van der Waals surface area (Å²) in [4.78, 5) is 17.6. The molecule has 2 aromatic rings. The quantitative estimate of drug-likeness (QED) is 0.741. The van der Waals surface area contributed by atoms with E-state index >= 15 is 0 Å². The molecule has 1 saturated carbocycles. The van der Waals surface area contributed by atoms with Crippen LogP contribution in [0.5, 0.6) is 0 Å². The van der Waals surface area contributed by atoms with Crippen molar-refractivity contribution >= 4 is 17.4 Å². The van der Waals surface area contributed by atoms with Crippen LogP contribution < -0.4 is 0 Å². The van der Waals surface area contributed by atoms with Crippen LogP contribution in [0.4, 0.5) is 4.39 Å². The molecule has 2 aliphatic heterocycles. The van der Waals surface area contributed by atoms with Crippen LogP contribution in [0.15, 0.2) is 29.6 Å². The third-order valence-corrected chi connectivity index (χ3v) is 7.98. The number of carbonyl (C=O) groups excluding carboxylic acids is 1. The van der Waals surface area contributed by atoms with Gasteiger partial charge in [-0.2, -0.15) is 0 Å². The smallest absolute Gasteiger partial charge is 0.236 e. The van der Waals surface area contributed by atoms with Crippen LogP contribution in [0.3, 0.4) is 0 Å². The Bertz CT molecular complexity index is 859. The molecular formula is C23H29FN4OS. The number of piperidine rings is 1. The summed E-state index contributed by atoms with van der Waals surface area (Å²) in [6, 6.07) is 6.69. The molecule has 5 rings (SSSR count). The van der Waals surface area contributed by atoms with Crippen LogP contribution in [-0.2, 0) is 4.79 Å². The van der Waals surface area contributed by atoms with Crippen molar-refractivity contribution in [1.29, 1.82) is 0 Å². The number of aromatic nitrogens is 2. The second kappa shape index (κ2) is 8.71. The second-order valence-corrected chi connectivity index (χ2v) is 9.83. The van der Waals surface area contributed by atoms with Crippen molar-refractivity contribution in [2.45, 2.75) is 43.9 Å². The van der Waals surface area contributed by atoms with Gasteiger partial charge < -0.3 is 4.90 Å². The van der Waals surface area contributed by atoms with Crippen molar-refractivity contribution in [2.75, 3.05) is 32.7 Å². The van der Waals surface area contributed by atoms with Crippen molar-refractivity contribution in [3.8, 4) is 0 Å². The fourth-order valence-electron chi connectivity index (χ4n) is 5.80. The maximum atomic E-state index is 13.4. The van der Waals surface area contributed by atoms with Gasteiger partial charge in [-0.25, -0.2) is 4.39 Å². The van der Waals surface area contributed by atoms with Gasteiger partial charge in [0.05, 0.1) is 12.2 Å². The molecule has 5 nitrogen and oxygen atoms in total. The molecule has 3 heterocycles. The molecule has 2 saturated heterocycles. The maximum Gasteiger partial charge on any atom is 0.236 e. The lowest BCUT2D eigenvalue weighted by Crippen LogP contribution is -2.46. The molecule has 0 bridgehead atoms. The van der Waals surface area contributed by atoms with Crippen LogP contribution in [0.25, 0.3) is 0 Å². The highest BCUT2D eigenvalue weighted by atomic mass is 32.1. The highest BCUT2D eigenvalue weighted by Gasteiger charge is 2.39. The number of hydrogen-bond acceptors (Lipinski definition) is 5. The average Bonchev–Trinajstić information content (AvgIpc) is 3.44. The lowest BCUT2D eigenvalue weighted by Gasteiger charge is -2.41. The molecule has 3 aliphatic rings. The summed E-state index contributed by atoms with van der Waals surface area (Å²) in [5.41, 5.74) is 2.00. The summed E-state index contributed by atoms with van der Waals surface area (Å²) in [7, 11) is 0. The second-order valence-electron chi connectivity index (χ2n) is 9.22. The number of halogens is 1. The van der Waals surface area contributed by atoms with E-state index in [0.717, 1.165) is 36.2 Å². The highest BCUT2D eigenvalue weighted by Crippen LogP contribution is 2.40. The number of likely N-dealkylation sites (tertiary alicyclic amines) is 2. The SMILES string of the molecule is O=C(CN1CC[C@@H]2CCCC[C@@H]2C1)N1C[C@@H](c2ccc(F)cc2)[C@H](c2csnn2)C1. The van der Waals surface area contributed by atoms with Crippen LogP contribution in [-0.4, -0.2) is 58.0 Å². The fraction of sp³-hybridized carbons (Fsp3) is 0.609. The van der Waals surface area contributed by atoms with Gasteiger partial charge in [-0.3, -0.25) is 9.69 Å². The Morgan fingerprint density at radius 1 is 1.03 bits per heavy atom. The summed E-state index contributed by atoms with van der Waals surface area (Å²) in [6.45, 7) is 3.95. The lowest BCUT2D eigenvalue weighted by atomic mass is 9.75. The van der Waals surface area contributed by atoms with E-state index in [-0.39, 0.29) is 23.6 Å². The Balaban J connectivity index is 1.27. The third-order valence-electron chi connectivity index (χ3n) is 7.46. The zero-order valence-corrected chi connectivity index (χ0v) is 18.1. The predicted molar refractivity (Wildman–Crippen MR) is 115 cm³/mol. The lowest BCUT2D eigenvalue weighted by molar-refractivity contribution is -0.132. The maximum absolute atomic E-state index is 13.4. The summed E-state index contributed by atoms with van der Waals surface area (Å²) in [6.07, 6.45) is 6.67. The molecule has 30 heavy (non-hydrogen) atoms. The van der Waals surface area contributed by atoms with Gasteiger partial charge in [0.25, 0.3) is 0 Å². The zero-order valence-electron chi connectivity index (χ0n) is 17.3. The Hall–Kier alpha value is -1.86. The summed E-state index contributed by atoms with van der Waals surface area (Å²) in [5, 5.41) is 6.27. The minimum absolute atomic E-state index is 0.113. The molecule has 7 heteroatoms. The molecule has 0 radical (unpaired) electrons. The van der Waals surface area contributed by atoms with Crippen LogP contribution in [0, 0.1) is 17.7 Å². The monoisotopic (exact) mass is 428 g/mol. The predicted octanol–water partition coefficient (Wildman–Crippen LogP) is 3.90. The molecule has 0 N–H and O–H groups in total. The van der Waals surface area contributed by atoms with E-state index in [2.05, 4.69) is 14.5 Å². The Kier molecular flexibility index (Phi) is 5.83. The van der Waals surface area contributed by atoms with Gasteiger partial charge in [0.15, 0.2) is 0 Å². The standard InChI is InChI=1S/C23H29FN4OS/c24-19-7-5-17(6-8-19)20-12-28(13-21(20)22-15-30-26-25-22)23(29)14-27-10-9-16-3-1-2-4-18(16)11-27/h5-8,15-16,18,20-21H,1-4,9-14H2/t16-,18+,20-,21+/m0/s1. The van der Waals surface area contributed by atoms with Crippen molar-refractivity contribution in [2.24, 2.45) is 11.8 Å². The number of amides is 1. The zero-order chi connectivity index (χ0) is 20.5. The Morgan fingerprint density at radius 2 is 1.80 bits per heavy atom. The molecule has 1 aliphatic carbocycles. The minimum Gasteiger partial charge on any atom is -0.340 e. The summed E-state index contributed by atoms with van der Waals surface area (Å²) < 4.78 is 17.5. The van der Waals surface area contributed by atoms with E-state index in [1.54, 1.807) is 0 Å². The number of fused-ring (bicyclic) bond motifs is 1. The number of benzene rings is 1. The van der Waals surface area contributed by atoms with E-state index in [4.69, 9.17) is 0 Å². The largest absolute Gasteiger partial charge is 0.340 e. The molecule has 4 atom stereocenters. The van der Waals surface area contributed by atoms with Gasteiger partial charge in [0, 0.05) is 36.9 Å². The third kappa shape index (κ3) is 4.14. The van der Waals surface area contributed by atoms with E-state index in [9.17, 15) is 9.18 Å². The van der Waals surface area contributed by atoms with Gasteiger partial charge in [0.2, 0.25) is 5.91 Å². The Morgan fingerprint density at radius 3 is 2.57 bits per heavy atom.